The molecular formula is C23H28N4O. The zero-order chi connectivity index (χ0) is 19.7. The standard InChI is InChI=1S/C23H28N4O/c1-16-10-12-27(13-11-16)15-22-25-20-14-18(8-9-21(20)26(22)3)24-23(28)19-7-5-4-6-17(19)2/h4-9,14,16H,10-13,15H2,1-3H3,(H,24,28). The van der Waals surface area contributed by atoms with E-state index in [0.717, 1.165) is 53.7 Å². The SMILES string of the molecule is Cc1ccccc1C(=O)Nc1ccc2c(c1)nc(CN1CCC(C)CC1)n2C. The van der Waals surface area contributed by atoms with Crippen LogP contribution in [0.4, 0.5) is 5.69 Å². The maximum atomic E-state index is 12.6. The van der Waals surface area contributed by atoms with Gasteiger partial charge in [-0.3, -0.25) is 9.69 Å². The Morgan fingerprint density at radius 3 is 2.68 bits per heavy atom. The quantitative estimate of drug-likeness (QED) is 0.736. The van der Waals surface area contributed by atoms with Crippen molar-refractivity contribution in [1.29, 1.82) is 0 Å². The fourth-order valence-electron chi connectivity index (χ4n) is 3.92. The number of piperidine rings is 1. The molecule has 0 spiro atoms. The first-order valence-electron chi connectivity index (χ1n) is 10.1. The summed E-state index contributed by atoms with van der Waals surface area (Å²) in [5.74, 6) is 1.82. The zero-order valence-electron chi connectivity index (χ0n) is 16.9. The average Bonchev–Trinajstić information content (AvgIpc) is 2.99. The summed E-state index contributed by atoms with van der Waals surface area (Å²) in [5.41, 5.74) is 4.46. The summed E-state index contributed by atoms with van der Waals surface area (Å²) >= 11 is 0. The lowest BCUT2D eigenvalue weighted by Crippen LogP contribution is -2.33. The van der Waals surface area contributed by atoms with Gasteiger partial charge in [-0.1, -0.05) is 25.1 Å². The molecule has 146 valence electrons. The van der Waals surface area contributed by atoms with E-state index in [-0.39, 0.29) is 5.91 Å². The lowest BCUT2D eigenvalue weighted by molar-refractivity contribution is 0.102. The van der Waals surface area contributed by atoms with Crippen molar-refractivity contribution in [2.45, 2.75) is 33.2 Å². The summed E-state index contributed by atoms with van der Waals surface area (Å²) in [7, 11) is 2.07. The molecule has 0 aliphatic carbocycles. The highest BCUT2D eigenvalue weighted by atomic mass is 16.1. The summed E-state index contributed by atoms with van der Waals surface area (Å²) in [6.45, 7) is 7.44. The van der Waals surface area contributed by atoms with Crippen LogP contribution in [0.5, 0.6) is 0 Å². The van der Waals surface area contributed by atoms with Crippen LogP contribution < -0.4 is 5.32 Å². The number of amides is 1. The van der Waals surface area contributed by atoms with E-state index in [2.05, 4.69) is 28.8 Å². The number of imidazole rings is 1. The van der Waals surface area contributed by atoms with Gasteiger partial charge in [0.2, 0.25) is 0 Å². The molecule has 1 aliphatic heterocycles. The summed E-state index contributed by atoms with van der Waals surface area (Å²) in [5, 5.41) is 3.01. The molecule has 0 radical (unpaired) electrons. The van der Waals surface area contributed by atoms with Gasteiger partial charge >= 0.3 is 0 Å². The summed E-state index contributed by atoms with van der Waals surface area (Å²) in [6, 6.07) is 13.6. The minimum atomic E-state index is -0.0870. The number of anilines is 1. The van der Waals surface area contributed by atoms with Crippen LogP contribution in [0.15, 0.2) is 42.5 Å². The van der Waals surface area contributed by atoms with Gasteiger partial charge in [-0.05, 0) is 68.6 Å². The third kappa shape index (κ3) is 3.80. The minimum absolute atomic E-state index is 0.0870. The molecule has 1 fully saturated rings. The number of rotatable bonds is 4. The molecule has 1 N–H and O–H groups in total. The Bertz CT molecular complexity index is 999. The van der Waals surface area contributed by atoms with Crippen molar-refractivity contribution in [1.82, 2.24) is 14.5 Å². The maximum Gasteiger partial charge on any atom is 0.255 e. The van der Waals surface area contributed by atoms with Gasteiger partial charge < -0.3 is 9.88 Å². The van der Waals surface area contributed by atoms with Crippen LogP contribution in [-0.2, 0) is 13.6 Å². The third-order valence-corrected chi connectivity index (χ3v) is 5.86. The molecule has 1 amide bonds. The van der Waals surface area contributed by atoms with Gasteiger partial charge in [-0.2, -0.15) is 0 Å². The predicted octanol–water partition coefficient (Wildman–Crippen LogP) is 4.37. The van der Waals surface area contributed by atoms with E-state index in [0.29, 0.717) is 5.56 Å². The van der Waals surface area contributed by atoms with Crippen molar-refractivity contribution in [2.75, 3.05) is 18.4 Å². The number of fused-ring (bicyclic) bond motifs is 1. The van der Waals surface area contributed by atoms with Crippen LogP contribution in [0.2, 0.25) is 0 Å². The van der Waals surface area contributed by atoms with Crippen LogP contribution in [-0.4, -0.2) is 33.4 Å². The highest BCUT2D eigenvalue weighted by molar-refractivity contribution is 6.05. The molecule has 5 nitrogen and oxygen atoms in total. The number of benzene rings is 2. The first-order chi connectivity index (χ1) is 13.5. The molecule has 0 unspecified atom stereocenters. The van der Waals surface area contributed by atoms with Gasteiger partial charge in [0.1, 0.15) is 5.82 Å². The Morgan fingerprint density at radius 1 is 1.18 bits per heavy atom. The molecule has 1 saturated heterocycles. The molecule has 3 aromatic rings. The van der Waals surface area contributed by atoms with E-state index in [4.69, 9.17) is 4.98 Å². The van der Waals surface area contributed by atoms with Gasteiger partial charge in [0.15, 0.2) is 0 Å². The number of nitrogens with one attached hydrogen (secondary N) is 1. The minimum Gasteiger partial charge on any atom is -0.330 e. The largest absolute Gasteiger partial charge is 0.330 e. The Hall–Kier alpha value is -2.66. The summed E-state index contributed by atoms with van der Waals surface area (Å²) < 4.78 is 2.17. The maximum absolute atomic E-state index is 12.6. The Labute approximate surface area is 166 Å². The Morgan fingerprint density at radius 2 is 1.93 bits per heavy atom. The lowest BCUT2D eigenvalue weighted by Gasteiger charge is -2.29. The Kier molecular flexibility index (Phi) is 5.18. The number of aryl methyl sites for hydroxylation is 2. The van der Waals surface area contributed by atoms with Crippen molar-refractivity contribution in [3.8, 4) is 0 Å². The van der Waals surface area contributed by atoms with Crippen molar-refractivity contribution < 1.29 is 4.79 Å². The van der Waals surface area contributed by atoms with Gasteiger partial charge in [-0.25, -0.2) is 4.98 Å². The van der Waals surface area contributed by atoms with Crippen molar-refractivity contribution in [2.24, 2.45) is 13.0 Å². The molecular weight excluding hydrogens is 348 g/mol. The molecule has 5 heteroatoms. The smallest absolute Gasteiger partial charge is 0.255 e. The van der Waals surface area contributed by atoms with Crippen LogP contribution in [0.25, 0.3) is 11.0 Å². The molecule has 1 aliphatic rings. The first kappa shape index (κ1) is 18.7. The van der Waals surface area contributed by atoms with Gasteiger partial charge in [0, 0.05) is 18.3 Å². The second kappa shape index (κ2) is 7.76. The number of carbonyl (C=O) groups excluding carboxylic acids is 1. The number of aromatic nitrogens is 2. The van der Waals surface area contributed by atoms with E-state index < -0.39 is 0 Å². The summed E-state index contributed by atoms with van der Waals surface area (Å²) in [4.78, 5) is 19.9. The molecule has 2 heterocycles. The molecule has 0 atom stereocenters. The molecule has 2 aromatic carbocycles. The second-order valence-electron chi connectivity index (χ2n) is 8.02. The Balaban J connectivity index is 1.53. The normalized spacial score (nSPS) is 15.8. The van der Waals surface area contributed by atoms with Crippen LogP contribution in [0.1, 0.15) is 41.5 Å². The fraction of sp³-hybridized carbons (Fsp3) is 0.391. The first-order valence-corrected chi connectivity index (χ1v) is 10.1. The lowest BCUT2D eigenvalue weighted by atomic mass is 9.99. The second-order valence-corrected chi connectivity index (χ2v) is 8.02. The van der Waals surface area contributed by atoms with E-state index in [9.17, 15) is 4.79 Å². The molecule has 1 aromatic heterocycles. The fourth-order valence-corrected chi connectivity index (χ4v) is 3.92. The number of hydrogen-bond acceptors (Lipinski definition) is 3. The van der Waals surface area contributed by atoms with E-state index in [1.165, 1.54) is 12.8 Å². The third-order valence-electron chi connectivity index (χ3n) is 5.86. The predicted molar refractivity (Wildman–Crippen MR) is 114 cm³/mol. The van der Waals surface area contributed by atoms with Crippen LogP contribution in [0, 0.1) is 12.8 Å². The monoisotopic (exact) mass is 376 g/mol. The zero-order valence-corrected chi connectivity index (χ0v) is 16.9. The molecule has 4 rings (SSSR count). The number of carbonyl (C=O) groups is 1. The van der Waals surface area contributed by atoms with Crippen molar-refractivity contribution >= 4 is 22.6 Å². The highest BCUT2D eigenvalue weighted by Crippen LogP contribution is 2.23. The number of hydrogen-bond donors (Lipinski definition) is 1. The number of likely N-dealkylation sites (tertiary alicyclic amines) is 1. The van der Waals surface area contributed by atoms with Crippen LogP contribution in [0.3, 0.4) is 0 Å². The van der Waals surface area contributed by atoms with Gasteiger partial charge in [0.05, 0.1) is 17.6 Å². The average molecular weight is 377 g/mol. The molecule has 28 heavy (non-hydrogen) atoms. The van der Waals surface area contributed by atoms with E-state index >= 15 is 0 Å². The topological polar surface area (TPSA) is 50.2 Å². The van der Waals surface area contributed by atoms with Crippen molar-refractivity contribution in [3.63, 3.8) is 0 Å². The van der Waals surface area contributed by atoms with Crippen LogP contribution >= 0.6 is 0 Å². The van der Waals surface area contributed by atoms with E-state index in [1.807, 2.05) is 49.4 Å². The molecule has 0 saturated carbocycles. The van der Waals surface area contributed by atoms with Gasteiger partial charge in [0.25, 0.3) is 5.91 Å². The number of nitrogens with zero attached hydrogens (tertiary/aromatic N) is 3. The summed E-state index contributed by atoms with van der Waals surface area (Å²) in [6.07, 6.45) is 2.53. The van der Waals surface area contributed by atoms with E-state index in [1.54, 1.807) is 0 Å². The van der Waals surface area contributed by atoms with Crippen molar-refractivity contribution in [3.05, 3.63) is 59.4 Å². The highest BCUT2D eigenvalue weighted by Gasteiger charge is 2.18. The van der Waals surface area contributed by atoms with Gasteiger partial charge in [-0.15, -0.1) is 0 Å². The molecule has 0 bridgehead atoms.